The van der Waals surface area contributed by atoms with Crippen molar-refractivity contribution in [2.24, 2.45) is 5.92 Å². The van der Waals surface area contributed by atoms with Crippen LogP contribution >= 0.6 is 0 Å². The van der Waals surface area contributed by atoms with Crippen LogP contribution in [0.5, 0.6) is 0 Å². The maximum atomic E-state index is 14.5. The van der Waals surface area contributed by atoms with E-state index in [4.69, 9.17) is 0 Å². The number of nitrogens with one attached hydrogen (secondary N) is 3. The molecule has 1 aliphatic heterocycles. The number of hydrogen-bond donors (Lipinski definition) is 4. The van der Waals surface area contributed by atoms with E-state index < -0.39 is 27.7 Å². The van der Waals surface area contributed by atoms with Crippen LogP contribution in [0.1, 0.15) is 30.7 Å². The Morgan fingerprint density at radius 2 is 1.81 bits per heavy atom. The number of rotatable bonds is 9. The highest BCUT2D eigenvalue weighted by Gasteiger charge is 2.35. The number of nitrogens with zero attached hydrogens (tertiary/aromatic N) is 1. The Kier molecular flexibility index (Phi) is 7.10. The zero-order valence-corrected chi connectivity index (χ0v) is 20.4. The van der Waals surface area contributed by atoms with E-state index in [1.54, 1.807) is 12.1 Å². The van der Waals surface area contributed by atoms with Gasteiger partial charge in [-0.1, -0.05) is 0 Å². The summed E-state index contributed by atoms with van der Waals surface area (Å²) in [5.74, 6) is -1.72. The van der Waals surface area contributed by atoms with Gasteiger partial charge in [0, 0.05) is 44.2 Å². The number of aliphatic hydroxyl groups excluding tert-OH is 1. The minimum absolute atomic E-state index is 0.0240. The lowest BCUT2D eigenvalue weighted by Crippen LogP contribution is -2.43. The number of aliphatic hydroxyl groups is 1. The van der Waals surface area contributed by atoms with Gasteiger partial charge in [-0.15, -0.1) is 0 Å². The van der Waals surface area contributed by atoms with Gasteiger partial charge in [0.05, 0.1) is 17.3 Å². The van der Waals surface area contributed by atoms with Crippen LogP contribution in [-0.2, 0) is 10.2 Å². The SMILES string of the molecule is O=S(=O)(NCCN1CCC(O)C1)NCC1CC(c2c(-c3ccc(F)cc3)[nH]c3c(F)cc(F)cc23)C1. The maximum Gasteiger partial charge on any atom is 0.276 e. The van der Waals surface area contributed by atoms with Crippen LogP contribution in [-0.4, -0.2) is 62.2 Å². The first-order valence-corrected chi connectivity index (χ1v) is 13.6. The third-order valence-electron chi connectivity index (χ3n) is 7.17. The molecule has 0 amide bonds. The van der Waals surface area contributed by atoms with Gasteiger partial charge in [0.2, 0.25) is 0 Å². The van der Waals surface area contributed by atoms with Gasteiger partial charge in [0.15, 0.2) is 0 Å². The molecular weight excluding hydrogens is 493 g/mol. The highest BCUT2D eigenvalue weighted by molar-refractivity contribution is 7.87. The van der Waals surface area contributed by atoms with Gasteiger partial charge in [-0.05, 0) is 72.6 Å². The van der Waals surface area contributed by atoms with E-state index in [0.717, 1.165) is 18.2 Å². The molecule has 7 nitrogen and oxygen atoms in total. The second kappa shape index (κ2) is 10.1. The molecule has 0 radical (unpaired) electrons. The number of hydrogen-bond acceptors (Lipinski definition) is 4. The van der Waals surface area contributed by atoms with Crippen molar-refractivity contribution in [3.05, 3.63) is 59.4 Å². The largest absolute Gasteiger partial charge is 0.392 e. The van der Waals surface area contributed by atoms with Crippen LogP contribution < -0.4 is 9.44 Å². The van der Waals surface area contributed by atoms with Gasteiger partial charge in [-0.25, -0.2) is 22.6 Å². The van der Waals surface area contributed by atoms with E-state index in [2.05, 4.69) is 14.4 Å². The predicted octanol–water partition coefficient (Wildman–Crippen LogP) is 3.24. The number of benzene rings is 2. The van der Waals surface area contributed by atoms with Crippen LogP contribution in [0.2, 0.25) is 0 Å². The molecule has 0 bridgehead atoms. The van der Waals surface area contributed by atoms with Crippen molar-refractivity contribution in [2.45, 2.75) is 31.3 Å². The Labute approximate surface area is 207 Å². The molecule has 2 fully saturated rings. The third-order valence-corrected chi connectivity index (χ3v) is 8.30. The van der Waals surface area contributed by atoms with Crippen molar-refractivity contribution in [2.75, 3.05) is 32.7 Å². The molecule has 4 N–H and O–H groups in total. The Morgan fingerprint density at radius 3 is 2.50 bits per heavy atom. The number of aromatic amines is 1. The van der Waals surface area contributed by atoms with E-state index in [-0.39, 0.29) is 36.5 Å². The number of halogens is 3. The summed E-state index contributed by atoms with van der Waals surface area (Å²) in [5, 5.41) is 10.0. The third kappa shape index (κ3) is 5.45. The number of H-pyrrole nitrogens is 1. The lowest BCUT2D eigenvalue weighted by atomic mass is 9.70. The number of likely N-dealkylation sites (tertiary alicyclic amines) is 1. The minimum atomic E-state index is -3.66. The monoisotopic (exact) mass is 522 g/mol. The molecule has 1 atom stereocenters. The Hall–Kier alpha value is -2.44. The number of fused-ring (bicyclic) bond motifs is 1. The van der Waals surface area contributed by atoms with E-state index in [0.29, 0.717) is 49.0 Å². The van der Waals surface area contributed by atoms with Crippen LogP contribution in [0.3, 0.4) is 0 Å². The van der Waals surface area contributed by atoms with Crippen molar-refractivity contribution >= 4 is 21.1 Å². The maximum absolute atomic E-state index is 14.5. The average molecular weight is 523 g/mol. The molecule has 2 heterocycles. The minimum Gasteiger partial charge on any atom is -0.392 e. The summed E-state index contributed by atoms with van der Waals surface area (Å²) in [6, 6.07) is 7.95. The summed E-state index contributed by atoms with van der Waals surface area (Å²) in [5.41, 5.74) is 2.25. The van der Waals surface area contributed by atoms with Gasteiger partial charge in [0.1, 0.15) is 17.5 Å². The van der Waals surface area contributed by atoms with Gasteiger partial charge in [0.25, 0.3) is 10.2 Å². The number of β-amino-alcohol motifs (C(OH)–C–C–N with tert-alkyl or cyclic N) is 1. The molecule has 1 unspecified atom stereocenters. The first-order valence-electron chi connectivity index (χ1n) is 12.1. The van der Waals surface area contributed by atoms with Crippen LogP contribution in [0.4, 0.5) is 13.2 Å². The smallest absolute Gasteiger partial charge is 0.276 e. The first kappa shape index (κ1) is 25.2. The summed E-state index contributed by atoms with van der Waals surface area (Å²) in [6.07, 6.45) is 1.65. The van der Waals surface area contributed by atoms with Crippen molar-refractivity contribution in [3.8, 4) is 11.3 Å². The molecule has 0 spiro atoms. The molecule has 194 valence electrons. The number of aromatic nitrogens is 1. The van der Waals surface area contributed by atoms with Gasteiger partial charge in [-0.2, -0.15) is 8.42 Å². The summed E-state index contributed by atoms with van der Waals surface area (Å²) in [6.45, 7) is 2.35. The van der Waals surface area contributed by atoms with Gasteiger partial charge in [-0.3, -0.25) is 4.90 Å². The second-order valence-electron chi connectivity index (χ2n) is 9.75. The predicted molar refractivity (Wildman–Crippen MR) is 131 cm³/mol. The molecule has 2 aliphatic rings. The summed E-state index contributed by atoms with van der Waals surface area (Å²) < 4.78 is 71.9. The standard InChI is InChI=1S/C25H29F3N4O3S/c26-18-3-1-16(2-4-18)24-23(21-11-19(27)12-22(28)25(21)31-24)17-9-15(10-17)13-30-36(34,35)29-6-8-32-7-5-20(33)14-32/h1-4,11-12,15,17,20,29-31,33H,5-10,13-14H2. The lowest BCUT2D eigenvalue weighted by molar-refractivity contribution is 0.177. The van der Waals surface area contributed by atoms with Crippen LogP contribution in [0, 0.1) is 23.4 Å². The zero-order valence-electron chi connectivity index (χ0n) is 19.6. The van der Waals surface area contributed by atoms with E-state index in [1.807, 2.05) is 4.90 Å². The molecule has 1 aliphatic carbocycles. The van der Waals surface area contributed by atoms with E-state index in [9.17, 15) is 26.7 Å². The second-order valence-corrected chi connectivity index (χ2v) is 11.3. The van der Waals surface area contributed by atoms with Crippen LogP contribution in [0.15, 0.2) is 36.4 Å². The average Bonchev–Trinajstić information content (AvgIpc) is 3.37. The zero-order chi connectivity index (χ0) is 25.4. The summed E-state index contributed by atoms with van der Waals surface area (Å²) in [4.78, 5) is 5.07. The van der Waals surface area contributed by atoms with Crippen molar-refractivity contribution in [1.82, 2.24) is 19.3 Å². The molecule has 1 saturated carbocycles. The molecular formula is C25H29F3N4O3S. The molecule has 3 aromatic rings. The molecule has 5 rings (SSSR count). The molecule has 1 aromatic heterocycles. The van der Waals surface area contributed by atoms with Crippen molar-refractivity contribution < 1.29 is 26.7 Å². The normalized spacial score (nSPS) is 22.8. The Morgan fingerprint density at radius 1 is 1.06 bits per heavy atom. The fourth-order valence-electron chi connectivity index (χ4n) is 5.28. The van der Waals surface area contributed by atoms with E-state index in [1.165, 1.54) is 18.2 Å². The lowest BCUT2D eigenvalue weighted by Gasteiger charge is -2.36. The molecule has 36 heavy (non-hydrogen) atoms. The molecule has 1 saturated heterocycles. The molecule has 11 heteroatoms. The van der Waals surface area contributed by atoms with Crippen molar-refractivity contribution in [3.63, 3.8) is 0 Å². The Bertz CT molecular complexity index is 1340. The van der Waals surface area contributed by atoms with Crippen LogP contribution in [0.25, 0.3) is 22.2 Å². The quantitative estimate of drug-likeness (QED) is 0.347. The topological polar surface area (TPSA) is 97.5 Å². The van der Waals surface area contributed by atoms with Crippen molar-refractivity contribution in [1.29, 1.82) is 0 Å². The fourth-order valence-corrected chi connectivity index (χ4v) is 6.20. The van der Waals surface area contributed by atoms with Gasteiger partial charge < -0.3 is 10.1 Å². The summed E-state index contributed by atoms with van der Waals surface area (Å²) in [7, 11) is -3.66. The fraction of sp³-hybridized carbons (Fsp3) is 0.440. The Balaban J connectivity index is 1.23. The van der Waals surface area contributed by atoms with Gasteiger partial charge >= 0.3 is 0 Å². The molecule has 2 aromatic carbocycles. The van der Waals surface area contributed by atoms with E-state index >= 15 is 0 Å². The highest BCUT2D eigenvalue weighted by Crippen LogP contribution is 2.48. The first-order chi connectivity index (χ1) is 17.2. The highest BCUT2D eigenvalue weighted by atomic mass is 32.2. The summed E-state index contributed by atoms with van der Waals surface area (Å²) >= 11 is 0.